The first-order valence-corrected chi connectivity index (χ1v) is 8.05. The van der Waals surface area contributed by atoms with E-state index >= 15 is 0 Å². The van der Waals surface area contributed by atoms with E-state index in [9.17, 15) is 0 Å². The van der Waals surface area contributed by atoms with Crippen LogP contribution in [0.3, 0.4) is 0 Å². The molecule has 0 radical (unpaired) electrons. The highest BCUT2D eigenvalue weighted by atomic mass is 79.9. The molecule has 0 atom stereocenters. The number of nitrogens with zero attached hydrogens (tertiary/aromatic N) is 5. The minimum absolute atomic E-state index is 0.644. The lowest BCUT2D eigenvalue weighted by molar-refractivity contribution is 0.644. The number of hydrogen-bond acceptors (Lipinski definition) is 7. The van der Waals surface area contributed by atoms with Gasteiger partial charge in [-0.05, 0) is 15.9 Å². The lowest BCUT2D eigenvalue weighted by Crippen LogP contribution is -2.47. The lowest BCUT2D eigenvalue weighted by atomic mass is 10.3. The van der Waals surface area contributed by atoms with Crippen LogP contribution in [0.25, 0.3) is 0 Å². The molecular weight excluding hydrogens is 340 g/mol. The van der Waals surface area contributed by atoms with Crippen LogP contribution in [0.4, 0.5) is 16.9 Å². The number of rotatable bonds is 3. The van der Waals surface area contributed by atoms with Crippen LogP contribution in [0.1, 0.15) is 0 Å². The maximum absolute atomic E-state index is 4.53. The van der Waals surface area contributed by atoms with E-state index in [-0.39, 0.29) is 0 Å². The molecule has 1 aliphatic heterocycles. The quantitative estimate of drug-likeness (QED) is 0.910. The van der Waals surface area contributed by atoms with Crippen molar-refractivity contribution >= 4 is 44.2 Å². The van der Waals surface area contributed by atoms with Gasteiger partial charge in [-0.2, -0.15) is 4.98 Å². The van der Waals surface area contributed by atoms with E-state index in [1.165, 1.54) is 0 Å². The molecular formula is C12H15BrN6S. The van der Waals surface area contributed by atoms with E-state index < -0.39 is 0 Å². The third-order valence-corrected chi connectivity index (χ3v) is 4.61. The first-order valence-electron chi connectivity index (χ1n) is 6.37. The summed E-state index contributed by atoms with van der Waals surface area (Å²) in [4.78, 5) is 17.7. The van der Waals surface area contributed by atoms with Crippen LogP contribution in [-0.4, -0.2) is 48.2 Å². The average molecular weight is 355 g/mol. The van der Waals surface area contributed by atoms with Gasteiger partial charge < -0.3 is 15.1 Å². The first kappa shape index (κ1) is 13.6. The van der Waals surface area contributed by atoms with Crippen molar-refractivity contribution in [2.24, 2.45) is 0 Å². The first-order chi connectivity index (χ1) is 9.78. The van der Waals surface area contributed by atoms with Crippen LogP contribution < -0.4 is 15.1 Å². The zero-order valence-electron chi connectivity index (χ0n) is 11.1. The number of anilines is 3. The molecule has 0 bridgehead atoms. The van der Waals surface area contributed by atoms with Crippen molar-refractivity contribution in [3.05, 3.63) is 22.2 Å². The molecule has 3 rings (SSSR count). The van der Waals surface area contributed by atoms with Crippen LogP contribution in [0.2, 0.25) is 0 Å². The molecule has 1 fully saturated rings. The molecule has 0 amide bonds. The normalized spacial score (nSPS) is 15.5. The lowest BCUT2D eigenvalue weighted by Gasteiger charge is -2.35. The maximum Gasteiger partial charge on any atom is 0.224 e. The Kier molecular flexibility index (Phi) is 4.02. The molecule has 20 heavy (non-hydrogen) atoms. The monoisotopic (exact) mass is 354 g/mol. The van der Waals surface area contributed by atoms with Gasteiger partial charge in [-0.1, -0.05) is 0 Å². The van der Waals surface area contributed by atoms with E-state index in [4.69, 9.17) is 0 Å². The minimum atomic E-state index is 0.644. The van der Waals surface area contributed by atoms with Gasteiger partial charge in [0.2, 0.25) is 5.95 Å². The molecule has 0 unspecified atom stereocenters. The summed E-state index contributed by atoms with van der Waals surface area (Å²) < 4.78 is 0.930. The molecule has 1 saturated heterocycles. The third kappa shape index (κ3) is 2.71. The zero-order chi connectivity index (χ0) is 13.9. The second kappa shape index (κ2) is 5.92. The largest absolute Gasteiger partial charge is 0.357 e. The highest BCUT2D eigenvalue weighted by Gasteiger charge is 2.21. The van der Waals surface area contributed by atoms with Crippen LogP contribution >= 0.6 is 27.3 Å². The van der Waals surface area contributed by atoms with Crippen LogP contribution in [-0.2, 0) is 0 Å². The van der Waals surface area contributed by atoms with Crippen molar-refractivity contribution in [3.63, 3.8) is 0 Å². The van der Waals surface area contributed by atoms with Crippen molar-refractivity contribution < 1.29 is 0 Å². The second-order valence-corrected chi connectivity index (χ2v) is 6.13. The molecule has 6 nitrogen and oxygen atoms in total. The maximum atomic E-state index is 4.53. The fourth-order valence-corrected chi connectivity index (χ4v) is 3.32. The molecule has 0 spiro atoms. The molecule has 1 N–H and O–H groups in total. The number of halogens is 1. The standard InChI is InChI=1S/C12H15BrN6S/c1-14-11-16-8-9(13)10(17-11)18-3-5-19(6-4-18)12-15-2-7-20-12/h2,7-8H,3-6H2,1H3,(H,14,16,17). The van der Waals surface area contributed by atoms with Crippen molar-refractivity contribution in [2.75, 3.05) is 48.3 Å². The topological polar surface area (TPSA) is 57.2 Å². The Bertz CT molecular complexity index is 567. The minimum Gasteiger partial charge on any atom is -0.357 e. The van der Waals surface area contributed by atoms with Gasteiger partial charge in [0.1, 0.15) is 5.82 Å². The summed E-state index contributed by atoms with van der Waals surface area (Å²) in [6.45, 7) is 3.77. The summed E-state index contributed by atoms with van der Waals surface area (Å²) in [6.07, 6.45) is 3.65. The Hall–Kier alpha value is -1.41. The van der Waals surface area contributed by atoms with E-state index in [1.54, 1.807) is 17.5 Å². The molecule has 106 valence electrons. The SMILES string of the molecule is CNc1ncc(Br)c(N2CCN(c3nccs3)CC2)n1. The Morgan fingerprint density at radius 2 is 1.95 bits per heavy atom. The van der Waals surface area contributed by atoms with Gasteiger partial charge in [0.15, 0.2) is 5.13 Å². The summed E-state index contributed by atoms with van der Waals surface area (Å²) in [5, 5.41) is 6.09. The predicted molar refractivity (Wildman–Crippen MR) is 85.8 cm³/mol. The number of piperazine rings is 1. The zero-order valence-corrected chi connectivity index (χ0v) is 13.5. The van der Waals surface area contributed by atoms with Gasteiger partial charge in [-0.25, -0.2) is 9.97 Å². The molecule has 2 aromatic rings. The van der Waals surface area contributed by atoms with Gasteiger partial charge in [0, 0.05) is 51.0 Å². The van der Waals surface area contributed by atoms with Crippen molar-refractivity contribution in [1.82, 2.24) is 15.0 Å². The molecule has 8 heteroatoms. The third-order valence-electron chi connectivity index (χ3n) is 3.22. The van der Waals surface area contributed by atoms with Gasteiger partial charge in [0.05, 0.1) is 4.47 Å². The summed E-state index contributed by atoms with van der Waals surface area (Å²) >= 11 is 5.22. The van der Waals surface area contributed by atoms with Crippen molar-refractivity contribution in [2.45, 2.75) is 0 Å². The van der Waals surface area contributed by atoms with E-state index in [0.717, 1.165) is 41.6 Å². The predicted octanol–water partition coefficient (Wildman–Crippen LogP) is 2.06. The molecule has 0 aliphatic carbocycles. The molecule has 0 aromatic carbocycles. The Labute approximate surface area is 130 Å². The smallest absolute Gasteiger partial charge is 0.224 e. The Balaban J connectivity index is 1.72. The number of hydrogen-bond donors (Lipinski definition) is 1. The van der Waals surface area contributed by atoms with Gasteiger partial charge in [0.25, 0.3) is 0 Å². The van der Waals surface area contributed by atoms with Gasteiger partial charge >= 0.3 is 0 Å². The number of aromatic nitrogens is 3. The highest BCUT2D eigenvalue weighted by Crippen LogP contribution is 2.26. The molecule has 2 aromatic heterocycles. The van der Waals surface area contributed by atoms with Gasteiger partial charge in [-0.3, -0.25) is 0 Å². The van der Waals surface area contributed by atoms with Crippen molar-refractivity contribution in [1.29, 1.82) is 0 Å². The fourth-order valence-electron chi connectivity index (χ4n) is 2.18. The number of nitrogens with one attached hydrogen (secondary N) is 1. The van der Waals surface area contributed by atoms with Crippen LogP contribution in [0.5, 0.6) is 0 Å². The van der Waals surface area contributed by atoms with Crippen molar-refractivity contribution in [3.8, 4) is 0 Å². The van der Waals surface area contributed by atoms with E-state index in [2.05, 4.69) is 46.0 Å². The average Bonchev–Trinajstić information content (AvgIpc) is 3.02. The summed E-state index contributed by atoms with van der Waals surface area (Å²) in [7, 11) is 1.83. The van der Waals surface area contributed by atoms with E-state index in [1.807, 2.05) is 18.6 Å². The molecule has 0 saturated carbocycles. The fraction of sp³-hybridized carbons (Fsp3) is 0.417. The summed E-state index contributed by atoms with van der Waals surface area (Å²) in [6, 6.07) is 0. The van der Waals surface area contributed by atoms with Crippen LogP contribution in [0, 0.1) is 0 Å². The second-order valence-electron chi connectivity index (χ2n) is 4.40. The highest BCUT2D eigenvalue weighted by molar-refractivity contribution is 9.10. The van der Waals surface area contributed by atoms with Crippen LogP contribution in [0.15, 0.2) is 22.2 Å². The number of thiazole rings is 1. The summed E-state index contributed by atoms with van der Waals surface area (Å²) in [5.74, 6) is 1.59. The molecule has 1 aliphatic rings. The Morgan fingerprint density at radius 3 is 2.60 bits per heavy atom. The Morgan fingerprint density at radius 1 is 1.20 bits per heavy atom. The molecule has 3 heterocycles. The van der Waals surface area contributed by atoms with E-state index in [0.29, 0.717) is 5.95 Å². The summed E-state index contributed by atoms with van der Waals surface area (Å²) in [5.41, 5.74) is 0. The van der Waals surface area contributed by atoms with Gasteiger partial charge in [-0.15, -0.1) is 11.3 Å².